The standard InChI is InChI=1S/C13H19BrN2O2/c1-3-9(4-2)12(17)8-16-13(18)10-5-11(14)7-15-6-10/h5-7,9,12,17H,3-4,8H2,1-2H3,(H,16,18). The van der Waals surface area contributed by atoms with E-state index in [0.717, 1.165) is 17.3 Å². The highest BCUT2D eigenvalue weighted by atomic mass is 79.9. The second-order valence-electron chi connectivity index (χ2n) is 4.25. The SMILES string of the molecule is CCC(CC)C(O)CNC(=O)c1cncc(Br)c1. The number of aliphatic hydroxyl groups excluding tert-OH is 1. The lowest BCUT2D eigenvalue weighted by molar-refractivity contribution is 0.0816. The van der Waals surface area contributed by atoms with E-state index < -0.39 is 6.10 Å². The molecule has 0 aliphatic heterocycles. The van der Waals surface area contributed by atoms with Crippen LogP contribution in [0.4, 0.5) is 0 Å². The number of nitrogens with zero attached hydrogens (tertiary/aromatic N) is 1. The first-order valence-electron chi connectivity index (χ1n) is 6.15. The monoisotopic (exact) mass is 314 g/mol. The Balaban J connectivity index is 2.51. The summed E-state index contributed by atoms with van der Waals surface area (Å²) in [7, 11) is 0. The van der Waals surface area contributed by atoms with Crippen LogP contribution in [0, 0.1) is 5.92 Å². The highest BCUT2D eigenvalue weighted by Gasteiger charge is 2.16. The third-order valence-corrected chi connectivity index (χ3v) is 3.47. The Bertz CT molecular complexity index is 394. The van der Waals surface area contributed by atoms with Crippen LogP contribution in [0.5, 0.6) is 0 Å². The van der Waals surface area contributed by atoms with Gasteiger partial charge in [0.05, 0.1) is 11.7 Å². The predicted octanol–water partition coefficient (Wildman–Crippen LogP) is 2.37. The van der Waals surface area contributed by atoms with Crippen molar-refractivity contribution in [1.29, 1.82) is 0 Å². The molecule has 0 spiro atoms. The van der Waals surface area contributed by atoms with Crippen molar-refractivity contribution in [3.05, 3.63) is 28.5 Å². The van der Waals surface area contributed by atoms with E-state index >= 15 is 0 Å². The van der Waals surface area contributed by atoms with Gasteiger partial charge in [0.1, 0.15) is 0 Å². The topological polar surface area (TPSA) is 62.2 Å². The number of carbonyl (C=O) groups excluding carboxylic acids is 1. The highest BCUT2D eigenvalue weighted by Crippen LogP contribution is 2.13. The lowest BCUT2D eigenvalue weighted by atomic mass is 9.96. The Morgan fingerprint density at radius 2 is 2.11 bits per heavy atom. The molecule has 1 aromatic heterocycles. The quantitative estimate of drug-likeness (QED) is 0.847. The van der Waals surface area contributed by atoms with Crippen molar-refractivity contribution in [3.8, 4) is 0 Å². The van der Waals surface area contributed by atoms with Crippen molar-refractivity contribution in [1.82, 2.24) is 10.3 Å². The predicted molar refractivity (Wildman–Crippen MR) is 74.3 cm³/mol. The van der Waals surface area contributed by atoms with Crippen molar-refractivity contribution in [2.45, 2.75) is 32.8 Å². The number of aliphatic hydroxyl groups is 1. The second kappa shape index (κ2) is 7.48. The third kappa shape index (κ3) is 4.38. The van der Waals surface area contributed by atoms with Crippen molar-refractivity contribution < 1.29 is 9.90 Å². The van der Waals surface area contributed by atoms with Gasteiger partial charge >= 0.3 is 0 Å². The Morgan fingerprint density at radius 3 is 2.67 bits per heavy atom. The molecule has 18 heavy (non-hydrogen) atoms. The molecule has 0 saturated carbocycles. The lowest BCUT2D eigenvalue weighted by Gasteiger charge is -2.20. The van der Waals surface area contributed by atoms with Crippen molar-refractivity contribution >= 4 is 21.8 Å². The van der Waals surface area contributed by atoms with Crippen LogP contribution in [-0.2, 0) is 0 Å². The van der Waals surface area contributed by atoms with Crippen molar-refractivity contribution in [3.63, 3.8) is 0 Å². The van der Waals surface area contributed by atoms with Gasteiger partial charge in [0, 0.05) is 23.4 Å². The van der Waals surface area contributed by atoms with Crippen LogP contribution in [0.3, 0.4) is 0 Å². The average molecular weight is 315 g/mol. The van der Waals surface area contributed by atoms with Gasteiger partial charge in [-0.15, -0.1) is 0 Å². The molecular weight excluding hydrogens is 296 g/mol. The third-order valence-electron chi connectivity index (χ3n) is 3.03. The summed E-state index contributed by atoms with van der Waals surface area (Å²) in [6.07, 6.45) is 4.45. The zero-order valence-corrected chi connectivity index (χ0v) is 12.3. The van der Waals surface area contributed by atoms with Crippen molar-refractivity contribution in [2.75, 3.05) is 6.54 Å². The van der Waals surface area contributed by atoms with Gasteiger partial charge in [0.25, 0.3) is 5.91 Å². The van der Waals surface area contributed by atoms with Gasteiger partial charge in [0.2, 0.25) is 0 Å². The fraction of sp³-hybridized carbons (Fsp3) is 0.538. The maximum Gasteiger partial charge on any atom is 0.252 e. The van der Waals surface area contributed by atoms with Gasteiger partial charge < -0.3 is 10.4 Å². The number of carbonyl (C=O) groups is 1. The Labute approximate surface area is 116 Å². The van der Waals surface area contributed by atoms with Crippen LogP contribution in [0.1, 0.15) is 37.0 Å². The summed E-state index contributed by atoms with van der Waals surface area (Å²) in [6, 6.07) is 1.70. The van der Waals surface area contributed by atoms with Gasteiger partial charge in [-0.25, -0.2) is 0 Å². The van der Waals surface area contributed by atoms with Crippen LogP contribution < -0.4 is 5.32 Å². The molecule has 0 aliphatic carbocycles. The number of aromatic nitrogens is 1. The molecule has 100 valence electrons. The fourth-order valence-electron chi connectivity index (χ4n) is 1.83. The minimum atomic E-state index is -0.496. The maximum atomic E-state index is 11.8. The van der Waals surface area contributed by atoms with Crippen LogP contribution in [0.25, 0.3) is 0 Å². The van der Waals surface area contributed by atoms with Gasteiger partial charge in [-0.05, 0) is 27.9 Å². The number of halogens is 1. The normalized spacial score (nSPS) is 12.5. The van der Waals surface area contributed by atoms with Gasteiger partial charge in [-0.3, -0.25) is 9.78 Å². The smallest absolute Gasteiger partial charge is 0.252 e. The van der Waals surface area contributed by atoms with Gasteiger partial charge in [-0.2, -0.15) is 0 Å². The molecule has 1 heterocycles. The number of hydrogen-bond acceptors (Lipinski definition) is 3. The Kier molecular flexibility index (Phi) is 6.29. The minimum Gasteiger partial charge on any atom is -0.391 e. The van der Waals surface area contributed by atoms with Gasteiger partial charge in [0.15, 0.2) is 0 Å². The second-order valence-corrected chi connectivity index (χ2v) is 5.16. The lowest BCUT2D eigenvalue weighted by Crippen LogP contribution is -2.36. The fourth-order valence-corrected chi connectivity index (χ4v) is 2.20. The summed E-state index contributed by atoms with van der Waals surface area (Å²) in [4.78, 5) is 15.7. The summed E-state index contributed by atoms with van der Waals surface area (Å²) < 4.78 is 0.760. The number of hydrogen-bond donors (Lipinski definition) is 2. The molecule has 0 fully saturated rings. The molecule has 1 rings (SSSR count). The molecule has 0 aliphatic rings. The summed E-state index contributed by atoms with van der Waals surface area (Å²) in [5.74, 6) is 0.0136. The molecule has 0 bridgehead atoms. The summed E-state index contributed by atoms with van der Waals surface area (Å²) >= 11 is 3.26. The first kappa shape index (κ1) is 15.1. The zero-order valence-electron chi connectivity index (χ0n) is 10.7. The number of nitrogens with one attached hydrogen (secondary N) is 1. The summed E-state index contributed by atoms with van der Waals surface area (Å²) in [6.45, 7) is 4.35. The molecule has 0 saturated heterocycles. The number of amides is 1. The van der Waals surface area contributed by atoms with E-state index in [1.165, 1.54) is 6.20 Å². The van der Waals surface area contributed by atoms with Crippen LogP contribution in [-0.4, -0.2) is 28.6 Å². The van der Waals surface area contributed by atoms with E-state index in [4.69, 9.17) is 0 Å². The highest BCUT2D eigenvalue weighted by molar-refractivity contribution is 9.10. The summed E-state index contributed by atoms with van der Waals surface area (Å²) in [5, 5.41) is 12.6. The zero-order chi connectivity index (χ0) is 13.5. The minimum absolute atomic E-state index is 0.214. The Morgan fingerprint density at radius 1 is 1.44 bits per heavy atom. The van der Waals surface area contributed by atoms with E-state index in [1.54, 1.807) is 12.3 Å². The molecule has 5 heteroatoms. The molecule has 4 nitrogen and oxygen atoms in total. The first-order chi connectivity index (χ1) is 8.58. The maximum absolute atomic E-state index is 11.8. The van der Waals surface area contributed by atoms with Crippen LogP contribution >= 0.6 is 15.9 Å². The molecular formula is C13H19BrN2O2. The average Bonchev–Trinajstić information content (AvgIpc) is 2.37. The largest absolute Gasteiger partial charge is 0.391 e. The van der Waals surface area contributed by atoms with E-state index in [0.29, 0.717) is 5.56 Å². The van der Waals surface area contributed by atoms with Gasteiger partial charge in [-0.1, -0.05) is 26.7 Å². The molecule has 1 aromatic rings. The van der Waals surface area contributed by atoms with Crippen LogP contribution in [0.2, 0.25) is 0 Å². The van der Waals surface area contributed by atoms with E-state index in [1.807, 2.05) is 13.8 Å². The van der Waals surface area contributed by atoms with Crippen molar-refractivity contribution in [2.24, 2.45) is 5.92 Å². The number of pyridine rings is 1. The van der Waals surface area contributed by atoms with E-state index in [-0.39, 0.29) is 18.4 Å². The Hall–Kier alpha value is -0.940. The van der Waals surface area contributed by atoms with E-state index in [9.17, 15) is 9.90 Å². The molecule has 2 N–H and O–H groups in total. The molecule has 1 amide bonds. The van der Waals surface area contributed by atoms with E-state index in [2.05, 4.69) is 26.2 Å². The molecule has 1 atom stereocenters. The molecule has 0 aromatic carbocycles. The number of rotatable bonds is 6. The van der Waals surface area contributed by atoms with Crippen LogP contribution in [0.15, 0.2) is 22.9 Å². The molecule has 1 unspecified atom stereocenters. The first-order valence-corrected chi connectivity index (χ1v) is 6.94. The summed E-state index contributed by atoms with van der Waals surface area (Å²) in [5.41, 5.74) is 0.487. The molecule has 0 radical (unpaired) electrons.